The molecule has 4 fully saturated rings. The van der Waals surface area contributed by atoms with Gasteiger partial charge in [0.1, 0.15) is 0 Å². The van der Waals surface area contributed by atoms with Crippen molar-refractivity contribution in [1.29, 1.82) is 0 Å². The number of furan rings is 1. The summed E-state index contributed by atoms with van der Waals surface area (Å²) in [5.41, 5.74) is 2.34. The second kappa shape index (κ2) is 8.32. The molecule has 6 rings (SSSR count). The van der Waals surface area contributed by atoms with Gasteiger partial charge in [0.2, 0.25) is 0 Å². The van der Waals surface area contributed by atoms with E-state index >= 15 is 0 Å². The Bertz CT molecular complexity index is 1040. The number of allylic oxidation sites excluding steroid dienone is 3. The molecule has 5 aliphatic rings. The second-order valence-corrected chi connectivity index (χ2v) is 12.3. The van der Waals surface area contributed by atoms with Gasteiger partial charge in [0.15, 0.2) is 5.76 Å². The molecule has 35 heavy (non-hydrogen) atoms. The smallest absolute Gasteiger partial charge is 0.289 e. The molecular formula is C29H40N2O4. The van der Waals surface area contributed by atoms with Crippen LogP contribution >= 0.6 is 0 Å². The Hall–Kier alpha value is -1.89. The van der Waals surface area contributed by atoms with Crippen molar-refractivity contribution in [2.24, 2.45) is 22.7 Å². The van der Waals surface area contributed by atoms with E-state index in [4.69, 9.17) is 4.42 Å². The first kappa shape index (κ1) is 23.5. The number of nitrogens with zero attached hydrogens (tertiary/aromatic N) is 2. The fourth-order valence-corrected chi connectivity index (χ4v) is 8.39. The zero-order valence-corrected chi connectivity index (χ0v) is 21.2. The largest absolute Gasteiger partial charge is 0.459 e. The zero-order chi connectivity index (χ0) is 24.4. The second-order valence-electron chi connectivity index (χ2n) is 12.3. The molecule has 1 saturated heterocycles. The van der Waals surface area contributed by atoms with Crippen LogP contribution in [0.4, 0.5) is 0 Å². The Morgan fingerprint density at radius 1 is 1.06 bits per heavy atom. The normalized spacial score (nSPS) is 41.5. The Morgan fingerprint density at radius 3 is 2.57 bits per heavy atom. The highest BCUT2D eigenvalue weighted by Crippen LogP contribution is 2.66. The van der Waals surface area contributed by atoms with E-state index in [1.54, 1.807) is 24.0 Å². The molecule has 6 heteroatoms. The maximum atomic E-state index is 12.6. The highest BCUT2D eigenvalue weighted by Gasteiger charge is 2.62. The van der Waals surface area contributed by atoms with E-state index in [1.165, 1.54) is 5.57 Å². The maximum absolute atomic E-state index is 12.6. The number of aliphatic hydroxyl groups excluding tert-OH is 1. The van der Waals surface area contributed by atoms with Crippen molar-refractivity contribution in [2.75, 3.05) is 32.7 Å². The number of piperazine rings is 1. The lowest BCUT2D eigenvalue weighted by atomic mass is 9.50. The van der Waals surface area contributed by atoms with Gasteiger partial charge in [-0.3, -0.25) is 9.69 Å². The molecule has 4 aliphatic carbocycles. The lowest BCUT2D eigenvalue weighted by Gasteiger charge is -2.56. The van der Waals surface area contributed by atoms with Gasteiger partial charge in [-0.15, -0.1) is 0 Å². The molecule has 2 N–H and O–H groups in total. The molecule has 3 saturated carbocycles. The van der Waals surface area contributed by atoms with Crippen LogP contribution < -0.4 is 0 Å². The van der Waals surface area contributed by atoms with E-state index in [0.717, 1.165) is 58.0 Å². The summed E-state index contributed by atoms with van der Waals surface area (Å²) in [5.74, 6) is 1.33. The van der Waals surface area contributed by atoms with Crippen LogP contribution in [0.5, 0.6) is 0 Å². The summed E-state index contributed by atoms with van der Waals surface area (Å²) >= 11 is 0. The van der Waals surface area contributed by atoms with Crippen LogP contribution in [0, 0.1) is 22.7 Å². The number of rotatable bonds is 3. The van der Waals surface area contributed by atoms with Crippen LogP contribution in [0.2, 0.25) is 0 Å². The minimum atomic E-state index is -0.704. The minimum Gasteiger partial charge on any atom is -0.459 e. The molecule has 1 aromatic rings. The number of fused-ring (bicyclic) bond motifs is 5. The SMILES string of the molecule is CC12CCC(O)CC1=CC=C1C2CCC2(C)C1CCC2(O)CN1CCN(C(=O)c2ccco2)CC1. The van der Waals surface area contributed by atoms with E-state index in [0.29, 0.717) is 37.2 Å². The molecule has 190 valence electrons. The number of aliphatic hydroxyl groups is 2. The topological polar surface area (TPSA) is 77.2 Å². The molecule has 6 atom stereocenters. The number of hydrogen-bond donors (Lipinski definition) is 2. The summed E-state index contributed by atoms with van der Waals surface area (Å²) in [4.78, 5) is 16.9. The fourth-order valence-electron chi connectivity index (χ4n) is 8.39. The maximum Gasteiger partial charge on any atom is 0.289 e. The Morgan fingerprint density at radius 2 is 1.83 bits per heavy atom. The monoisotopic (exact) mass is 480 g/mol. The van der Waals surface area contributed by atoms with E-state index in [2.05, 4.69) is 30.9 Å². The standard InChI is InChI=1S/C29H40N2O4/c1-27-10-7-21(32)18-20(27)5-6-22-23(27)8-11-28(2)24(22)9-12-29(28,34)19-30-13-15-31(16-14-30)26(33)25-4-3-17-35-25/h3-6,17,21,23-24,32,34H,7-16,18-19H2,1-2H3. The van der Waals surface area contributed by atoms with Gasteiger partial charge < -0.3 is 19.5 Å². The molecule has 1 amide bonds. The Balaban J connectivity index is 1.16. The molecular weight excluding hydrogens is 440 g/mol. The van der Waals surface area contributed by atoms with Gasteiger partial charge in [-0.2, -0.15) is 0 Å². The van der Waals surface area contributed by atoms with Crippen molar-refractivity contribution in [3.05, 3.63) is 47.5 Å². The zero-order valence-electron chi connectivity index (χ0n) is 21.2. The number of carbonyl (C=O) groups is 1. The van der Waals surface area contributed by atoms with Gasteiger partial charge >= 0.3 is 0 Å². The van der Waals surface area contributed by atoms with Gasteiger partial charge in [-0.25, -0.2) is 0 Å². The third-order valence-electron chi connectivity index (χ3n) is 10.7. The third kappa shape index (κ3) is 3.59. The van der Waals surface area contributed by atoms with Gasteiger partial charge in [0, 0.05) is 38.1 Å². The minimum absolute atomic E-state index is 0.0417. The average molecular weight is 481 g/mol. The summed E-state index contributed by atoms with van der Waals surface area (Å²) in [6.45, 7) is 8.35. The van der Waals surface area contributed by atoms with E-state index in [-0.39, 0.29) is 22.8 Å². The average Bonchev–Trinajstić information content (AvgIpc) is 3.47. The van der Waals surface area contributed by atoms with Crippen molar-refractivity contribution in [3.8, 4) is 0 Å². The van der Waals surface area contributed by atoms with Crippen molar-refractivity contribution in [3.63, 3.8) is 0 Å². The van der Waals surface area contributed by atoms with E-state index in [1.807, 2.05) is 4.90 Å². The van der Waals surface area contributed by atoms with Crippen molar-refractivity contribution in [1.82, 2.24) is 9.80 Å². The number of carbonyl (C=O) groups excluding carboxylic acids is 1. The third-order valence-corrected chi connectivity index (χ3v) is 10.7. The Kier molecular flexibility index (Phi) is 5.59. The van der Waals surface area contributed by atoms with Gasteiger partial charge in [0.05, 0.1) is 18.0 Å². The summed E-state index contributed by atoms with van der Waals surface area (Å²) in [5, 5.41) is 22.4. The fraction of sp³-hybridized carbons (Fsp3) is 0.690. The van der Waals surface area contributed by atoms with E-state index < -0.39 is 5.60 Å². The van der Waals surface area contributed by atoms with Gasteiger partial charge in [-0.1, -0.05) is 37.1 Å². The first-order valence-electron chi connectivity index (χ1n) is 13.6. The van der Waals surface area contributed by atoms with Gasteiger partial charge in [0.25, 0.3) is 5.91 Å². The van der Waals surface area contributed by atoms with Crippen LogP contribution in [0.25, 0.3) is 0 Å². The van der Waals surface area contributed by atoms with E-state index in [9.17, 15) is 15.0 Å². The number of amides is 1. The summed E-state index contributed by atoms with van der Waals surface area (Å²) in [6, 6.07) is 3.47. The highest BCUT2D eigenvalue weighted by atomic mass is 16.3. The number of hydrogen-bond acceptors (Lipinski definition) is 5. The molecule has 2 heterocycles. The quantitative estimate of drug-likeness (QED) is 0.684. The van der Waals surface area contributed by atoms with Gasteiger partial charge in [-0.05, 0) is 74.3 Å². The van der Waals surface area contributed by atoms with Crippen molar-refractivity contribution < 1.29 is 19.4 Å². The molecule has 6 nitrogen and oxygen atoms in total. The highest BCUT2D eigenvalue weighted by molar-refractivity contribution is 5.91. The lowest BCUT2D eigenvalue weighted by molar-refractivity contribution is -0.105. The summed E-state index contributed by atoms with van der Waals surface area (Å²) in [7, 11) is 0. The lowest BCUT2D eigenvalue weighted by Crippen LogP contribution is -2.58. The molecule has 0 radical (unpaired) electrons. The van der Waals surface area contributed by atoms with Crippen molar-refractivity contribution >= 4 is 5.91 Å². The Labute approximate surface area is 208 Å². The van der Waals surface area contributed by atoms with Crippen LogP contribution in [-0.4, -0.2) is 70.3 Å². The molecule has 1 aromatic heterocycles. The van der Waals surface area contributed by atoms with Crippen molar-refractivity contribution in [2.45, 2.75) is 70.5 Å². The predicted molar refractivity (Wildman–Crippen MR) is 134 cm³/mol. The molecule has 0 spiro atoms. The molecule has 1 aliphatic heterocycles. The first-order chi connectivity index (χ1) is 16.7. The van der Waals surface area contributed by atoms with Crippen LogP contribution in [0.3, 0.4) is 0 Å². The molecule has 0 aromatic carbocycles. The first-order valence-corrected chi connectivity index (χ1v) is 13.6. The predicted octanol–water partition coefficient (Wildman–Crippen LogP) is 4.01. The molecule has 0 bridgehead atoms. The van der Waals surface area contributed by atoms with Crippen LogP contribution in [0.15, 0.2) is 46.1 Å². The molecule has 6 unspecified atom stereocenters. The van der Waals surface area contributed by atoms with Crippen LogP contribution in [-0.2, 0) is 0 Å². The summed E-state index contributed by atoms with van der Waals surface area (Å²) in [6.07, 6.45) is 12.9. The number of β-amino-alcohol motifs (C(OH)–C–C–N with tert-alkyl or cyclic N) is 1. The van der Waals surface area contributed by atoms with Crippen LogP contribution in [0.1, 0.15) is 69.3 Å². The summed E-state index contributed by atoms with van der Waals surface area (Å²) < 4.78 is 5.29.